The molecule has 2 aromatic heterocycles. The number of nitrogens with zero attached hydrogens (tertiary/aromatic N) is 4. The zero-order valence-electron chi connectivity index (χ0n) is 7.23. The normalized spacial score (nSPS) is 14.7. The van der Waals surface area contributed by atoms with Gasteiger partial charge in [-0.25, -0.2) is 9.97 Å². The maximum absolute atomic E-state index is 4.33. The van der Waals surface area contributed by atoms with Gasteiger partial charge in [-0.2, -0.15) is 0 Å². The van der Waals surface area contributed by atoms with Crippen molar-refractivity contribution in [3.8, 4) is 0 Å². The van der Waals surface area contributed by atoms with E-state index in [-0.39, 0.29) is 0 Å². The van der Waals surface area contributed by atoms with Crippen LogP contribution in [-0.2, 0) is 0 Å². The lowest BCUT2D eigenvalue weighted by Crippen LogP contribution is -2.16. The predicted molar refractivity (Wildman–Crippen MR) is 49.9 cm³/mol. The van der Waals surface area contributed by atoms with Crippen molar-refractivity contribution in [1.29, 1.82) is 0 Å². The Hall–Kier alpha value is -1.78. The SMILES string of the molecule is CN1CNc2c1ncn1ccnc21. The van der Waals surface area contributed by atoms with Gasteiger partial charge in [0.1, 0.15) is 12.0 Å². The Morgan fingerprint density at radius 2 is 2.38 bits per heavy atom. The summed E-state index contributed by atoms with van der Waals surface area (Å²) in [7, 11) is 2.01. The summed E-state index contributed by atoms with van der Waals surface area (Å²) in [5.41, 5.74) is 1.96. The summed E-state index contributed by atoms with van der Waals surface area (Å²) in [5, 5.41) is 3.26. The van der Waals surface area contributed by atoms with Crippen molar-refractivity contribution < 1.29 is 0 Å². The molecular weight excluding hydrogens is 166 g/mol. The third-order valence-corrected chi connectivity index (χ3v) is 2.27. The second-order valence-corrected chi connectivity index (χ2v) is 3.13. The fourth-order valence-electron chi connectivity index (χ4n) is 1.60. The van der Waals surface area contributed by atoms with E-state index in [9.17, 15) is 0 Å². The number of hydrogen-bond donors (Lipinski definition) is 1. The molecule has 0 spiro atoms. The molecule has 13 heavy (non-hydrogen) atoms. The van der Waals surface area contributed by atoms with Crippen LogP contribution in [0.25, 0.3) is 5.65 Å². The van der Waals surface area contributed by atoms with E-state index in [4.69, 9.17) is 0 Å². The van der Waals surface area contributed by atoms with Crippen molar-refractivity contribution in [3.63, 3.8) is 0 Å². The molecule has 0 unspecified atom stereocenters. The maximum Gasteiger partial charge on any atom is 0.165 e. The Morgan fingerprint density at radius 1 is 1.46 bits per heavy atom. The van der Waals surface area contributed by atoms with Crippen molar-refractivity contribution in [2.24, 2.45) is 0 Å². The summed E-state index contributed by atoms with van der Waals surface area (Å²) in [6, 6.07) is 0. The molecule has 0 fully saturated rings. The molecule has 0 amide bonds. The highest BCUT2D eigenvalue weighted by Gasteiger charge is 2.19. The van der Waals surface area contributed by atoms with E-state index in [1.807, 2.05) is 17.6 Å². The number of fused-ring (bicyclic) bond motifs is 3. The lowest BCUT2D eigenvalue weighted by Gasteiger charge is -2.07. The van der Waals surface area contributed by atoms with Gasteiger partial charge in [-0.15, -0.1) is 0 Å². The first-order chi connectivity index (χ1) is 6.36. The van der Waals surface area contributed by atoms with E-state index in [2.05, 4.69) is 20.2 Å². The summed E-state index contributed by atoms with van der Waals surface area (Å²) in [6.07, 6.45) is 5.45. The van der Waals surface area contributed by atoms with Crippen LogP contribution in [0.1, 0.15) is 0 Å². The van der Waals surface area contributed by atoms with E-state index in [1.165, 1.54) is 0 Å². The van der Waals surface area contributed by atoms with Crippen molar-refractivity contribution in [1.82, 2.24) is 14.4 Å². The summed E-state index contributed by atoms with van der Waals surface area (Å²) in [5.74, 6) is 0.971. The Morgan fingerprint density at radius 3 is 3.31 bits per heavy atom. The molecule has 0 radical (unpaired) electrons. The van der Waals surface area contributed by atoms with Gasteiger partial charge in [0.05, 0.1) is 6.67 Å². The first-order valence-electron chi connectivity index (χ1n) is 4.13. The molecule has 0 aliphatic carbocycles. The number of hydrogen-bond acceptors (Lipinski definition) is 4. The highest BCUT2D eigenvalue weighted by atomic mass is 15.3. The number of nitrogens with one attached hydrogen (secondary N) is 1. The van der Waals surface area contributed by atoms with Crippen LogP contribution >= 0.6 is 0 Å². The van der Waals surface area contributed by atoms with Gasteiger partial charge >= 0.3 is 0 Å². The lowest BCUT2D eigenvalue weighted by atomic mass is 10.4. The van der Waals surface area contributed by atoms with Crippen LogP contribution in [0.2, 0.25) is 0 Å². The maximum atomic E-state index is 4.33. The summed E-state index contributed by atoms with van der Waals surface area (Å²) in [6.45, 7) is 0.800. The lowest BCUT2D eigenvalue weighted by molar-refractivity contribution is 0.993. The Labute approximate surface area is 75.0 Å². The van der Waals surface area contributed by atoms with Crippen molar-refractivity contribution >= 4 is 17.2 Å². The minimum Gasteiger partial charge on any atom is -0.362 e. The van der Waals surface area contributed by atoms with E-state index >= 15 is 0 Å². The largest absolute Gasteiger partial charge is 0.362 e. The zero-order valence-corrected chi connectivity index (χ0v) is 7.23. The summed E-state index contributed by atoms with van der Waals surface area (Å²) in [4.78, 5) is 10.6. The Kier molecular flexibility index (Phi) is 1.10. The van der Waals surface area contributed by atoms with Gasteiger partial charge in [0.25, 0.3) is 0 Å². The molecule has 1 aliphatic heterocycles. The van der Waals surface area contributed by atoms with Gasteiger partial charge in [0, 0.05) is 19.4 Å². The monoisotopic (exact) mass is 175 g/mol. The van der Waals surface area contributed by atoms with Crippen molar-refractivity contribution in [2.45, 2.75) is 0 Å². The topological polar surface area (TPSA) is 45.5 Å². The quantitative estimate of drug-likeness (QED) is 0.635. The molecule has 3 rings (SSSR count). The number of anilines is 2. The van der Waals surface area contributed by atoms with Crippen LogP contribution in [0.3, 0.4) is 0 Å². The molecule has 66 valence electrons. The van der Waals surface area contributed by atoms with Crippen LogP contribution in [0.4, 0.5) is 11.5 Å². The third-order valence-electron chi connectivity index (χ3n) is 2.27. The van der Waals surface area contributed by atoms with Crippen molar-refractivity contribution in [2.75, 3.05) is 23.9 Å². The highest BCUT2D eigenvalue weighted by Crippen LogP contribution is 2.30. The zero-order chi connectivity index (χ0) is 8.84. The van der Waals surface area contributed by atoms with Gasteiger partial charge in [0.15, 0.2) is 11.5 Å². The van der Waals surface area contributed by atoms with E-state index < -0.39 is 0 Å². The molecule has 0 bridgehead atoms. The van der Waals surface area contributed by atoms with Gasteiger partial charge in [-0.1, -0.05) is 0 Å². The van der Waals surface area contributed by atoms with Gasteiger partial charge in [0.2, 0.25) is 0 Å². The molecule has 3 heterocycles. The molecule has 0 saturated heterocycles. The molecule has 5 heteroatoms. The van der Waals surface area contributed by atoms with Gasteiger partial charge in [-0.05, 0) is 0 Å². The second-order valence-electron chi connectivity index (χ2n) is 3.13. The van der Waals surface area contributed by atoms with Crippen LogP contribution < -0.4 is 10.2 Å². The van der Waals surface area contributed by atoms with Crippen molar-refractivity contribution in [3.05, 3.63) is 18.7 Å². The Balaban J connectivity index is 2.39. The highest BCUT2D eigenvalue weighted by molar-refractivity contribution is 5.83. The summed E-state index contributed by atoms with van der Waals surface area (Å²) < 4.78 is 1.91. The average molecular weight is 175 g/mol. The minimum atomic E-state index is 0.800. The molecule has 0 saturated carbocycles. The molecule has 1 N–H and O–H groups in total. The van der Waals surface area contributed by atoms with Crippen LogP contribution in [0.15, 0.2) is 18.7 Å². The van der Waals surface area contributed by atoms with E-state index in [0.717, 1.165) is 23.8 Å². The molecule has 2 aromatic rings. The molecular formula is C8H9N5. The first kappa shape index (κ1) is 6.71. The van der Waals surface area contributed by atoms with Crippen LogP contribution in [-0.4, -0.2) is 28.1 Å². The molecule has 5 nitrogen and oxygen atoms in total. The number of aromatic nitrogens is 3. The van der Waals surface area contributed by atoms with E-state index in [1.54, 1.807) is 12.5 Å². The van der Waals surface area contributed by atoms with Crippen LogP contribution in [0.5, 0.6) is 0 Å². The average Bonchev–Trinajstić information content (AvgIpc) is 2.70. The third kappa shape index (κ3) is 0.756. The fourth-order valence-corrected chi connectivity index (χ4v) is 1.60. The van der Waals surface area contributed by atoms with E-state index in [0.29, 0.717) is 0 Å². The first-order valence-corrected chi connectivity index (χ1v) is 4.13. The predicted octanol–water partition coefficient (Wildman–Crippen LogP) is 0.548. The summed E-state index contributed by atoms with van der Waals surface area (Å²) >= 11 is 0. The number of rotatable bonds is 0. The number of imidazole rings is 1. The van der Waals surface area contributed by atoms with Gasteiger partial charge < -0.3 is 10.2 Å². The smallest absolute Gasteiger partial charge is 0.165 e. The van der Waals surface area contributed by atoms with Gasteiger partial charge in [-0.3, -0.25) is 4.40 Å². The van der Waals surface area contributed by atoms with Crippen LogP contribution in [0, 0.1) is 0 Å². The standard InChI is InChI=1S/C8H9N5/c1-12-4-10-6-7(12)11-5-13-3-2-9-8(6)13/h2-3,5,10H,4H2,1H3. The molecule has 1 aliphatic rings. The molecule has 0 aromatic carbocycles. The Bertz CT molecular complexity index is 461. The minimum absolute atomic E-state index is 0.800. The second kappa shape index (κ2) is 2.12. The fraction of sp³-hybridized carbons (Fsp3) is 0.250. The molecule has 0 atom stereocenters.